The summed E-state index contributed by atoms with van der Waals surface area (Å²) in [5.74, 6) is -0.313. The molecule has 0 bridgehead atoms. The topological polar surface area (TPSA) is 101 Å². The van der Waals surface area contributed by atoms with E-state index < -0.39 is 5.97 Å². The van der Waals surface area contributed by atoms with Crippen LogP contribution in [-0.2, 0) is 11.2 Å². The number of carbonyl (C=O) groups is 2. The highest BCUT2D eigenvalue weighted by Gasteiger charge is 2.04. The second kappa shape index (κ2) is 8.73. The number of methoxy groups -OCH3 is 1. The van der Waals surface area contributed by atoms with Crippen LogP contribution in [0.1, 0.15) is 18.4 Å². The van der Waals surface area contributed by atoms with Gasteiger partial charge in [-0.05, 0) is 18.9 Å². The first-order valence-corrected chi connectivity index (χ1v) is 6.35. The molecule has 1 aromatic rings. The van der Waals surface area contributed by atoms with Crippen LogP contribution in [0.4, 0.5) is 4.79 Å². The van der Waals surface area contributed by atoms with Crippen molar-refractivity contribution in [1.82, 2.24) is 15.6 Å². The van der Waals surface area contributed by atoms with Crippen molar-refractivity contribution in [2.24, 2.45) is 0 Å². The largest absolute Gasteiger partial charge is 0.481 e. The van der Waals surface area contributed by atoms with Gasteiger partial charge in [0.1, 0.15) is 0 Å². The maximum absolute atomic E-state index is 11.4. The Morgan fingerprint density at radius 2 is 2.10 bits per heavy atom. The lowest BCUT2D eigenvalue weighted by Crippen LogP contribution is -2.37. The van der Waals surface area contributed by atoms with E-state index in [9.17, 15) is 9.59 Å². The van der Waals surface area contributed by atoms with E-state index in [1.54, 1.807) is 13.3 Å². The predicted octanol–water partition coefficient (Wildman–Crippen LogP) is 0.797. The minimum atomic E-state index is -0.865. The Morgan fingerprint density at radius 3 is 2.80 bits per heavy atom. The highest BCUT2D eigenvalue weighted by atomic mass is 16.5. The molecular weight excluding hydrogens is 262 g/mol. The number of carboxylic acid groups (broad SMARTS) is 1. The molecule has 0 radical (unpaired) electrons. The number of urea groups is 1. The second-order valence-corrected chi connectivity index (χ2v) is 4.10. The summed E-state index contributed by atoms with van der Waals surface area (Å²) in [5.41, 5.74) is 0.918. The first-order chi connectivity index (χ1) is 9.63. The minimum Gasteiger partial charge on any atom is -0.481 e. The summed E-state index contributed by atoms with van der Waals surface area (Å²) >= 11 is 0. The Kier molecular flexibility index (Phi) is 6.88. The molecule has 0 aliphatic carbocycles. The van der Waals surface area contributed by atoms with Crippen molar-refractivity contribution in [2.75, 3.05) is 20.2 Å². The lowest BCUT2D eigenvalue weighted by molar-refractivity contribution is -0.137. The summed E-state index contributed by atoms with van der Waals surface area (Å²) in [6, 6.07) is 3.39. The molecule has 0 aliphatic heterocycles. The Balaban J connectivity index is 2.20. The monoisotopic (exact) mass is 281 g/mol. The molecule has 20 heavy (non-hydrogen) atoms. The Morgan fingerprint density at radius 1 is 1.35 bits per heavy atom. The molecule has 0 aliphatic rings. The lowest BCUT2D eigenvalue weighted by Gasteiger charge is -2.09. The number of carboxylic acids is 1. The first kappa shape index (κ1) is 15.7. The average Bonchev–Trinajstić information content (AvgIpc) is 2.44. The number of hydrogen-bond donors (Lipinski definition) is 3. The number of aromatic nitrogens is 1. The normalized spacial score (nSPS) is 9.85. The molecule has 0 fully saturated rings. The third kappa shape index (κ3) is 6.03. The molecule has 0 atom stereocenters. The van der Waals surface area contributed by atoms with Gasteiger partial charge >= 0.3 is 12.0 Å². The molecule has 0 saturated heterocycles. The summed E-state index contributed by atoms with van der Waals surface area (Å²) in [5, 5.41) is 13.7. The Hall–Kier alpha value is -2.31. The predicted molar refractivity (Wildman–Crippen MR) is 72.8 cm³/mol. The fraction of sp³-hybridized carbons (Fsp3) is 0.462. The summed E-state index contributed by atoms with van der Waals surface area (Å²) in [7, 11) is 1.55. The second-order valence-electron chi connectivity index (χ2n) is 4.10. The molecule has 0 spiro atoms. The number of hydrogen-bond acceptors (Lipinski definition) is 4. The summed E-state index contributed by atoms with van der Waals surface area (Å²) < 4.78 is 5.11. The quantitative estimate of drug-likeness (QED) is 0.612. The lowest BCUT2D eigenvalue weighted by atomic mass is 10.2. The van der Waals surface area contributed by atoms with E-state index in [4.69, 9.17) is 9.84 Å². The number of nitrogens with zero attached hydrogens (tertiary/aromatic N) is 1. The van der Waals surface area contributed by atoms with Crippen LogP contribution in [0.25, 0.3) is 0 Å². The molecule has 7 nitrogen and oxygen atoms in total. The molecule has 3 N–H and O–H groups in total. The van der Waals surface area contributed by atoms with Crippen molar-refractivity contribution in [3.05, 3.63) is 23.9 Å². The van der Waals surface area contributed by atoms with Gasteiger partial charge in [0.2, 0.25) is 5.88 Å². The molecule has 0 unspecified atom stereocenters. The third-order valence-electron chi connectivity index (χ3n) is 2.58. The van der Waals surface area contributed by atoms with E-state index in [0.717, 1.165) is 5.56 Å². The molecular formula is C13H19N3O4. The maximum atomic E-state index is 11.4. The van der Waals surface area contributed by atoms with E-state index in [0.29, 0.717) is 31.8 Å². The minimum absolute atomic E-state index is 0.0488. The Labute approximate surface area is 117 Å². The van der Waals surface area contributed by atoms with Crippen molar-refractivity contribution >= 4 is 12.0 Å². The zero-order valence-electron chi connectivity index (χ0n) is 11.4. The average molecular weight is 281 g/mol. The van der Waals surface area contributed by atoms with Gasteiger partial charge in [0.15, 0.2) is 0 Å². The zero-order chi connectivity index (χ0) is 14.8. The highest BCUT2D eigenvalue weighted by Crippen LogP contribution is 2.13. The molecule has 110 valence electrons. The van der Waals surface area contributed by atoms with Crippen LogP contribution in [0.2, 0.25) is 0 Å². The van der Waals surface area contributed by atoms with Gasteiger partial charge in [0, 0.05) is 31.3 Å². The molecule has 1 heterocycles. The molecule has 2 amide bonds. The van der Waals surface area contributed by atoms with E-state index in [1.165, 1.54) is 0 Å². The first-order valence-electron chi connectivity index (χ1n) is 6.35. The van der Waals surface area contributed by atoms with Crippen molar-refractivity contribution in [1.29, 1.82) is 0 Å². The van der Waals surface area contributed by atoms with Crippen LogP contribution < -0.4 is 15.4 Å². The van der Waals surface area contributed by atoms with Crippen LogP contribution in [-0.4, -0.2) is 42.3 Å². The molecule has 1 aromatic heterocycles. The number of carbonyl (C=O) groups excluding carboxylic acids is 1. The summed E-state index contributed by atoms with van der Waals surface area (Å²) in [4.78, 5) is 25.8. The van der Waals surface area contributed by atoms with Crippen molar-refractivity contribution in [3.63, 3.8) is 0 Å². The van der Waals surface area contributed by atoms with Crippen molar-refractivity contribution < 1.29 is 19.4 Å². The van der Waals surface area contributed by atoms with Gasteiger partial charge in [0.05, 0.1) is 7.11 Å². The standard InChI is InChI=1S/C13H19N3O4/c1-20-12-10(4-2-7-14-12)6-9-16-13(19)15-8-3-5-11(17)18/h2,4,7H,3,5-6,8-9H2,1H3,(H,17,18)(H2,15,16,19). The van der Waals surface area contributed by atoms with Crippen LogP contribution in [0.15, 0.2) is 18.3 Å². The van der Waals surface area contributed by atoms with Crippen LogP contribution in [0.3, 0.4) is 0 Å². The van der Waals surface area contributed by atoms with Crippen LogP contribution in [0, 0.1) is 0 Å². The van der Waals surface area contributed by atoms with E-state index in [1.807, 2.05) is 12.1 Å². The molecule has 7 heteroatoms. The van der Waals surface area contributed by atoms with Gasteiger partial charge in [-0.15, -0.1) is 0 Å². The highest BCUT2D eigenvalue weighted by molar-refractivity contribution is 5.73. The summed E-state index contributed by atoms with van der Waals surface area (Å²) in [6.07, 6.45) is 2.72. The zero-order valence-corrected chi connectivity index (χ0v) is 11.4. The number of ether oxygens (including phenoxy) is 1. The van der Waals surface area contributed by atoms with Crippen LogP contribution >= 0.6 is 0 Å². The van der Waals surface area contributed by atoms with Gasteiger partial charge < -0.3 is 20.5 Å². The SMILES string of the molecule is COc1ncccc1CCNC(=O)NCCCC(=O)O. The fourth-order valence-corrected chi connectivity index (χ4v) is 1.61. The molecule has 0 saturated carbocycles. The van der Waals surface area contributed by atoms with E-state index in [2.05, 4.69) is 15.6 Å². The van der Waals surface area contributed by atoms with Crippen LogP contribution in [0.5, 0.6) is 5.88 Å². The summed E-state index contributed by atoms with van der Waals surface area (Å²) in [6.45, 7) is 0.793. The number of aliphatic carboxylic acids is 1. The van der Waals surface area contributed by atoms with Gasteiger partial charge in [-0.2, -0.15) is 0 Å². The van der Waals surface area contributed by atoms with Gasteiger partial charge in [-0.3, -0.25) is 4.79 Å². The van der Waals surface area contributed by atoms with Crippen molar-refractivity contribution in [2.45, 2.75) is 19.3 Å². The van der Waals surface area contributed by atoms with E-state index >= 15 is 0 Å². The third-order valence-corrected chi connectivity index (χ3v) is 2.58. The van der Waals surface area contributed by atoms with Gasteiger partial charge in [-0.25, -0.2) is 9.78 Å². The Bertz CT molecular complexity index is 451. The van der Waals surface area contributed by atoms with E-state index in [-0.39, 0.29) is 12.5 Å². The number of amides is 2. The smallest absolute Gasteiger partial charge is 0.314 e. The number of rotatable bonds is 8. The van der Waals surface area contributed by atoms with Gasteiger partial charge in [0.25, 0.3) is 0 Å². The number of pyridine rings is 1. The fourth-order valence-electron chi connectivity index (χ4n) is 1.61. The number of nitrogens with one attached hydrogen (secondary N) is 2. The van der Waals surface area contributed by atoms with Gasteiger partial charge in [-0.1, -0.05) is 6.07 Å². The molecule has 1 rings (SSSR count). The maximum Gasteiger partial charge on any atom is 0.314 e. The molecule has 0 aromatic carbocycles. The van der Waals surface area contributed by atoms with Crippen molar-refractivity contribution in [3.8, 4) is 5.88 Å².